The molecule has 54 valence electrons. The van der Waals surface area contributed by atoms with Crippen LogP contribution in [0.1, 0.15) is 0 Å². The van der Waals surface area contributed by atoms with Crippen LogP contribution in [-0.4, -0.2) is 30.9 Å². The Labute approximate surface area is 59.2 Å². The number of hydrogen-bond acceptors (Lipinski definition) is 4. The van der Waals surface area contributed by atoms with Crippen LogP contribution in [0.5, 0.6) is 0 Å². The highest BCUT2D eigenvalue weighted by atomic mass is 16.1. The van der Waals surface area contributed by atoms with Crippen molar-refractivity contribution in [1.82, 2.24) is 10.2 Å². The Hall–Kier alpha value is -1.12. The van der Waals surface area contributed by atoms with Gasteiger partial charge in [0.2, 0.25) is 6.08 Å². The zero-order valence-electron chi connectivity index (χ0n) is 5.58. The lowest BCUT2D eigenvalue weighted by atomic mass is 10.5. The molecule has 0 radical (unpaired) electrons. The monoisotopic (exact) mass is 139 g/mol. The quantitative estimate of drug-likeness (QED) is 0.420. The fraction of sp³-hybridized carbons (Fsp3) is 0.500. The molecule has 0 unspecified atom stereocenters. The van der Waals surface area contributed by atoms with Crippen molar-refractivity contribution < 1.29 is 4.79 Å². The Morgan fingerprint density at radius 1 is 1.80 bits per heavy atom. The molecule has 10 heavy (non-hydrogen) atoms. The Morgan fingerprint density at radius 2 is 2.70 bits per heavy atom. The zero-order chi connectivity index (χ0) is 7.23. The van der Waals surface area contributed by atoms with E-state index in [9.17, 15) is 4.79 Å². The molecule has 0 atom stereocenters. The highest BCUT2D eigenvalue weighted by Crippen LogP contribution is 1.90. The number of rotatable bonds is 2. The fourth-order valence-corrected chi connectivity index (χ4v) is 0.768. The summed E-state index contributed by atoms with van der Waals surface area (Å²) >= 11 is 0. The molecule has 1 aliphatic rings. The molecule has 1 aliphatic heterocycles. The number of isocyanates is 1. The van der Waals surface area contributed by atoms with Gasteiger partial charge in [-0.1, -0.05) is 6.08 Å². The number of carbonyl (C=O) groups excluding carboxylic acids is 1. The minimum absolute atomic E-state index is 0.431. The summed E-state index contributed by atoms with van der Waals surface area (Å²) in [6, 6.07) is 0. The average Bonchev–Trinajstić information content (AvgIpc) is 2.03. The molecule has 0 saturated heterocycles. The van der Waals surface area contributed by atoms with E-state index in [0.717, 1.165) is 13.2 Å². The van der Waals surface area contributed by atoms with Crippen molar-refractivity contribution in [2.24, 2.45) is 4.99 Å². The van der Waals surface area contributed by atoms with Gasteiger partial charge >= 0.3 is 0 Å². The minimum Gasteiger partial charge on any atom is -0.378 e. The van der Waals surface area contributed by atoms with Gasteiger partial charge in [-0.3, -0.25) is 4.90 Å². The third-order valence-corrected chi connectivity index (χ3v) is 1.25. The lowest BCUT2D eigenvalue weighted by Crippen LogP contribution is -2.35. The third-order valence-electron chi connectivity index (χ3n) is 1.25. The van der Waals surface area contributed by atoms with E-state index in [4.69, 9.17) is 0 Å². The molecule has 1 heterocycles. The van der Waals surface area contributed by atoms with Gasteiger partial charge in [0.25, 0.3) is 0 Å². The summed E-state index contributed by atoms with van der Waals surface area (Å²) in [5.74, 6) is 0. The summed E-state index contributed by atoms with van der Waals surface area (Å²) in [5.41, 5.74) is 0. The van der Waals surface area contributed by atoms with Gasteiger partial charge in [0.15, 0.2) is 0 Å². The largest absolute Gasteiger partial charge is 0.378 e. The molecule has 1 N–H and O–H groups in total. The maximum Gasteiger partial charge on any atom is 0.236 e. The highest BCUT2D eigenvalue weighted by molar-refractivity contribution is 5.32. The van der Waals surface area contributed by atoms with Crippen LogP contribution in [0.2, 0.25) is 0 Å². The van der Waals surface area contributed by atoms with E-state index in [-0.39, 0.29) is 0 Å². The van der Waals surface area contributed by atoms with Gasteiger partial charge in [0, 0.05) is 6.54 Å². The summed E-state index contributed by atoms with van der Waals surface area (Å²) in [6.07, 6.45) is 5.36. The third kappa shape index (κ3) is 2.01. The van der Waals surface area contributed by atoms with Gasteiger partial charge < -0.3 is 5.32 Å². The van der Waals surface area contributed by atoms with Gasteiger partial charge in [-0.25, -0.2) is 4.79 Å². The standard InChI is InChI=1S/C6H9N3O/c10-6-8-5-9-3-1-2-7-4-9/h1-2,7H,3-5H2. The van der Waals surface area contributed by atoms with Crippen molar-refractivity contribution in [2.45, 2.75) is 0 Å². The first-order chi connectivity index (χ1) is 4.93. The molecule has 0 amide bonds. The van der Waals surface area contributed by atoms with E-state index < -0.39 is 0 Å². The molecular weight excluding hydrogens is 130 g/mol. The van der Waals surface area contributed by atoms with Gasteiger partial charge in [-0.15, -0.1) is 0 Å². The lowest BCUT2D eigenvalue weighted by molar-refractivity contribution is 0.290. The molecule has 4 nitrogen and oxygen atoms in total. The molecule has 0 saturated carbocycles. The maximum atomic E-state index is 9.69. The predicted octanol–water partition coefficient (Wildman–Crippen LogP) is -0.344. The normalized spacial score (nSPS) is 17.6. The predicted molar refractivity (Wildman–Crippen MR) is 36.8 cm³/mol. The molecule has 0 bridgehead atoms. The summed E-state index contributed by atoms with van der Waals surface area (Å²) in [6.45, 7) is 2.03. The summed E-state index contributed by atoms with van der Waals surface area (Å²) < 4.78 is 0. The average molecular weight is 139 g/mol. The zero-order valence-corrected chi connectivity index (χ0v) is 5.58. The van der Waals surface area contributed by atoms with E-state index in [0.29, 0.717) is 6.67 Å². The Morgan fingerprint density at radius 3 is 3.30 bits per heavy atom. The van der Waals surface area contributed by atoms with Crippen molar-refractivity contribution in [3.8, 4) is 0 Å². The molecule has 0 aromatic rings. The summed E-state index contributed by atoms with van der Waals surface area (Å²) in [5, 5.41) is 3.00. The minimum atomic E-state index is 0.431. The number of nitrogens with zero attached hydrogens (tertiary/aromatic N) is 2. The van der Waals surface area contributed by atoms with Crippen molar-refractivity contribution >= 4 is 6.08 Å². The fourth-order valence-electron chi connectivity index (χ4n) is 0.768. The first-order valence-corrected chi connectivity index (χ1v) is 3.08. The van der Waals surface area contributed by atoms with Crippen LogP contribution in [0.25, 0.3) is 0 Å². The van der Waals surface area contributed by atoms with Crippen molar-refractivity contribution in [2.75, 3.05) is 19.9 Å². The first-order valence-electron chi connectivity index (χ1n) is 3.08. The van der Waals surface area contributed by atoms with E-state index in [2.05, 4.69) is 10.3 Å². The molecule has 0 fully saturated rings. The van der Waals surface area contributed by atoms with Crippen molar-refractivity contribution in [3.63, 3.8) is 0 Å². The van der Waals surface area contributed by atoms with Crippen LogP contribution >= 0.6 is 0 Å². The number of aliphatic imine (C=N–C) groups is 1. The Balaban J connectivity index is 2.28. The van der Waals surface area contributed by atoms with E-state index in [1.54, 1.807) is 0 Å². The molecular formula is C6H9N3O. The highest BCUT2D eigenvalue weighted by Gasteiger charge is 2.01. The van der Waals surface area contributed by atoms with Gasteiger partial charge in [-0.2, -0.15) is 4.99 Å². The van der Waals surface area contributed by atoms with Gasteiger partial charge in [0.05, 0.1) is 6.67 Å². The molecule has 0 aliphatic carbocycles. The van der Waals surface area contributed by atoms with Crippen LogP contribution in [0, 0.1) is 0 Å². The Kier molecular flexibility index (Phi) is 2.67. The second kappa shape index (κ2) is 3.82. The van der Waals surface area contributed by atoms with Crippen LogP contribution in [0.15, 0.2) is 17.3 Å². The summed E-state index contributed by atoms with van der Waals surface area (Å²) in [7, 11) is 0. The first kappa shape index (κ1) is 6.99. The van der Waals surface area contributed by atoms with Crippen LogP contribution in [-0.2, 0) is 4.79 Å². The molecule has 0 aromatic heterocycles. The van der Waals surface area contributed by atoms with Crippen molar-refractivity contribution in [1.29, 1.82) is 0 Å². The SMILES string of the molecule is O=C=NCN1CC=CNC1. The second-order valence-electron chi connectivity index (χ2n) is 2.01. The molecule has 0 spiro atoms. The topological polar surface area (TPSA) is 44.7 Å². The van der Waals surface area contributed by atoms with Crippen LogP contribution < -0.4 is 5.32 Å². The second-order valence-corrected chi connectivity index (χ2v) is 2.01. The smallest absolute Gasteiger partial charge is 0.236 e. The molecule has 0 aromatic carbocycles. The number of nitrogens with one attached hydrogen (secondary N) is 1. The van der Waals surface area contributed by atoms with Crippen LogP contribution in [0.3, 0.4) is 0 Å². The van der Waals surface area contributed by atoms with Gasteiger partial charge in [0.1, 0.15) is 6.67 Å². The van der Waals surface area contributed by atoms with E-state index >= 15 is 0 Å². The van der Waals surface area contributed by atoms with Crippen LogP contribution in [0.4, 0.5) is 0 Å². The Bertz CT molecular complexity index is 172. The lowest BCUT2D eigenvalue weighted by Gasteiger charge is -2.20. The van der Waals surface area contributed by atoms with Gasteiger partial charge in [-0.05, 0) is 6.20 Å². The van der Waals surface area contributed by atoms with E-state index in [1.165, 1.54) is 6.08 Å². The van der Waals surface area contributed by atoms with E-state index in [1.807, 2.05) is 17.2 Å². The number of hydrogen-bond donors (Lipinski definition) is 1. The molecule has 1 rings (SSSR count). The van der Waals surface area contributed by atoms with Crippen molar-refractivity contribution in [3.05, 3.63) is 12.3 Å². The molecule has 4 heteroatoms. The maximum absolute atomic E-state index is 9.69. The summed E-state index contributed by atoms with van der Waals surface area (Å²) in [4.78, 5) is 15.1.